The Bertz CT molecular complexity index is 163. The van der Waals surface area contributed by atoms with Gasteiger partial charge in [-0.2, -0.15) is 0 Å². The van der Waals surface area contributed by atoms with Crippen LogP contribution in [0.5, 0.6) is 0 Å². The molecule has 1 aliphatic rings. The first-order chi connectivity index (χ1) is 5.63. The maximum atomic E-state index is 11.4. The number of aliphatic hydroxyl groups excluding tert-OH is 1. The minimum Gasteiger partial charge on any atom is -0.392 e. The molecule has 70 valence electrons. The third kappa shape index (κ3) is 2.07. The Morgan fingerprint density at radius 2 is 2.08 bits per heavy atom. The molecular formula is C10H18O2. The zero-order valence-corrected chi connectivity index (χ0v) is 7.92. The van der Waals surface area contributed by atoms with Crippen LogP contribution in [-0.2, 0) is 4.79 Å². The van der Waals surface area contributed by atoms with E-state index < -0.39 is 6.10 Å². The van der Waals surface area contributed by atoms with Crippen molar-refractivity contribution in [2.75, 3.05) is 0 Å². The minimum atomic E-state index is -0.419. The summed E-state index contributed by atoms with van der Waals surface area (Å²) >= 11 is 0. The number of rotatable bonds is 2. The fraction of sp³-hybridized carbons (Fsp3) is 0.900. The largest absolute Gasteiger partial charge is 0.392 e. The number of Topliss-reactive ketones (excluding diaryl/α,β-unsaturated/α-hetero) is 1. The van der Waals surface area contributed by atoms with E-state index in [0.717, 1.165) is 19.3 Å². The Labute approximate surface area is 74.0 Å². The van der Waals surface area contributed by atoms with Gasteiger partial charge in [-0.1, -0.05) is 20.3 Å². The highest BCUT2D eigenvalue weighted by atomic mass is 16.3. The fourth-order valence-corrected chi connectivity index (χ4v) is 1.84. The Hall–Kier alpha value is -0.370. The molecule has 2 nitrogen and oxygen atoms in total. The molecule has 0 heterocycles. The second-order valence-corrected chi connectivity index (χ2v) is 4.05. The second kappa shape index (κ2) is 4.04. The minimum absolute atomic E-state index is 0.0706. The van der Waals surface area contributed by atoms with Crippen LogP contribution in [0.3, 0.4) is 0 Å². The van der Waals surface area contributed by atoms with Gasteiger partial charge in [0.1, 0.15) is 5.78 Å². The molecule has 1 aliphatic carbocycles. The van der Waals surface area contributed by atoms with Crippen LogP contribution in [0.15, 0.2) is 0 Å². The van der Waals surface area contributed by atoms with Crippen LogP contribution in [0.1, 0.15) is 39.5 Å². The van der Waals surface area contributed by atoms with E-state index in [1.165, 1.54) is 0 Å². The first-order valence-electron chi connectivity index (χ1n) is 4.83. The summed E-state index contributed by atoms with van der Waals surface area (Å²) in [6, 6.07) is 0. The van der Waals surface area contributed by atoms with Crippen LogP contribution in [0.2, 0.25) is 0 Å². The van der Waals surface area contributed by atoms with Crippen LogP contribution >= 0.6 is 0 Å². The summed E-state index contributed by atoms with van der Waals surface area (Å²) in [4.78, 5) is 11.4. The van der Waals surface area contributed by atoms with Gasteiger partial charge in [0.2, 0.25) is 0 Å². The molecular weight excluding hydrogens is 152 g/mol. The van der Waals surface area contributed by atoms with Crippen molar-refractivity contribution in [3.05, 3.63) is 0 Å². The molecule has 0 saturated heterocycles. The normalized spacial score (nSPS) is 27.7. The predicted octanol–water partition coefficient (Wildman–Crippen LogP) is 1.76. The Balaban J connectivity index is 2.53. The maximum Gasteiger partial charge on any atom is 0.138 e. The van der Waals surface area contributed by atoms with E-state index >= 15 is 0 Å². The van der Waals surface area contributed by atoms with Gasteiger partial charge in [0, 0.05) is 12.3 Å². The van der Waals surface area contributed by atoms with Crippen LogP contribution in [0.4, 0.5) is 0 Å². The number of hydrogen-bond donors (Lipinski definition) is 1. The summed E-state index contributed by atoms with van der Waals surface area (Å²) in [6.45, 7) is 3.93. The molecule has 0 aromatic heterocycles. The van der Waals surface area contributed by atoms with Crippen LogP contribution in [-0.4, -0.2) is 17.0 Å². The highest BCUT2D eigenvalue weighted by Gasteiger charge is 2.30. The summed E-state index contributed by atoms with van der Waals surface area (Å²) in [5.74, 6) is 0.401. The lowest BCUT2D eigenvalue weighted by Crippen LogP contribution is -2.34. The highest BCUT2D eigenvalue weighted by Crippen LogP contribution is 2.26. The summed E-state index contributed by atoms with van der Waals surface area (Å²) in [7, 11) is 0. The topological polar surface area (TPSA) is 37.3 Å². The molecule has 2 heteroatoms. The predicted molar refractivity (Wildman–Crippen MR) is 47.8 cm³/mol. The lowest BCUT2D eigenvalue weighted by atomic mass is 9.80. The summed E-state index contributed by atoms with van der Waals surface area (Å²) in [6.07, 6.45) is 3.25. The number of carbonyl (C=O) groups is 1. The third-order valence-electron chi connectivity index (χ3n) is 2.70. The number of aliphatic hydroxyl groups is 1. The van der Waals surface area contributed by atoms with Crippen LogP contribution in [0, 0.1) is 11.8 Å². The zero-order valence-electron chi connectivity index (χ0n) is 7.92. The van der Waals surface area contributed by atoms with Crippen molar-refractivity contribution in [3.8, 4) is 0 Å². The van der Waals surface area contributed by atoms with Gasteiger partial charge >= 0.3 is 0 Å². The smallest absolute Gasteiger partial charge is 0.138 e. The molecule has 12 heavy (non-hydrogen) atoms. The van der Waals surface area contributed by atoms with Crippen LogP contribution < -0.4 is 0 Å². The summed E-state index contributed by atoms with van der Waals surface area (Å²) in [5.41, 5.74) is 0. The van der Waals surface area contributed by atoms with Crippen molar-refractivity contribution in [3.63, 3.8) is 0 Å². The fourth-order valence-electron chi connectivity index (χ4n) is 1.84. The molecule has 1 fully saturated rings. The van der Waals surface area contributed by atoms with Crippen molar-refractivity contribution in [1.29, 1.82) is 0 Å². The zero-order chi connectivity index (χ0) is 9.14. The van der Waals surface area contributed by atoms with Crippen molar-refractivity contribution < 1.29 is 9.90 Å². The Morgan fingerprint density at radius 1 is 1.42 bits per heavy atom. The molecule has 1 saturated carbocycles. The van der Waals surface area contributed by atoms with Gasteiger partial charge in [0.25, 0.3) is 0 Å². The van der Waals surface area contributed by atoms with Crippen molar-refractivity contribution in [2.24, 2.45) is 11.8 Å². The van der Waals surface area contributed by atoms with E-state index in [1.807, 2.05) is 13.8 Å². The molecule has 0 aromatic rings. The standard InChI is InChI=1S/C10H18O2/c1-7(2)10(12)8-5-3-4-6-9(8)11/h7-8,10,12H,3-6H2,1-2H3/t8-,10-/m0/s1. The molecule has 1 rings (SSSR count). The van der Waals surface area contributed by atoms with Gasteiger partial charge in [-0.25, -0.2) is 0 Å². The first-order valence-corrected chi connectivity index (χ1v) is 4.83. The van der Waals surface area contributed by atoms with Gasteiger partial charge in [-0.05, 0) is 18.8 Å². The Kier molecular flexibility index (Phi) is 3.27. The number of carbonyl (C=O) groups excluding carboxylic acids is 1. The molecule has 0 unspecified atom stereocenters. The molecule has 1 N–H and O–H groups in total. The van der Waals surface area contributed by atoms with E-state index in [2.05, 4.69) is 0 Å². The van der Waals surface area contributed by atoms with E-state index in [-0.39, 0.29) is 17.6 Å². The lowest BCUT2D eigenvalue weighted by molar-refractivity contribution is -0.129. The molecule has 2 atom stereocenters. The van der Waals surface area contributed by atoms with Gasteiger partial charge in [-0.15, -0.1) is 0 Å². The number of ketones is 1. The van der Waals surface area contributed by atoms with Gasteiger partial charge in [0.05, 0.1) is 6.10 Å². The van der Waals surface area contributed by atoms with E-state index in [1.54, 1.807) is 0 Å². The third-order valence-corrected chi connectivity index (χ3v) is 2.70. The molecule has 0 bridgehead atoms. The quantitative estimate of drug-likeness (QED) is 0.685. The molecule has 0 aliphatic heterocycles. The van der Waals surface area contributed by atoms with E-state index in [0.29, 0.717) is 6.42 Å². The van der Waals surface area contributed by atoms with E-state index in [4.69, 9.17) is 0 Å². The molecule has 0 aromatic carbocycles. The monoisotopic (exact) mass is 170 g/mol. The van der Waals surface area contributed by atoms with Crippen molar-refractivity contribution >= 4 is 5.78 Å². The van der Waals surface area contributed by atoms with Gasteiger partial charge in [0.15, 0.2) is 0 Å². The van der Waals surface area contributed by atoms with Crippen molar-refractivity contribution in [1.82, 2.24) is 0 Å². The summed E-state index contributed by atoms with van der Waals surface area (Å²) in [5, 5.41) is 9.70. The SMILES string of the molecule is CC(C)[C@H](O)[C@H]1CCCCC1=O. The molecule has 0 radical (unpaired) electrons. The maximum absolute atomic E-state index is 11.4. The molecule has 0 spiro atoms. The van der Waals surface area contributed by atoms with Gasteiger partial charge in [-0.3, -0.25) is 4.79 Å². The van der Waals surface area contributed by atoms with E-state index in [9.17, 15) is 9.90 Å². The average Bonchev–Trinajstić information content (AvgIpc) is 2.04. The average molecular weight is 170 g/mol. The lowest BCUT2D eigenvalue weighted by Gasteiger charge is -2.27. The summed E-state index contributed by atoms with van der Waals surface area (Å²) < 4.78 is 0. The van der Waals surface area contributed by atoms with Crippen LogP contribution in [0.25, 0.3) is 0 Å². The molecule has 0 amide bonds. The first kappa shape index (κ1) is 9.72. The second-order valence-electron chi connectivity index (χ2n) is 4.05. The van der Waals surface area contributed by atoms with Gasteiger partial charge < -0.3 is 5.11 Å². The number of hydrogen-bond acceptors (Lipinski definition) is 2. The Morgan fingerprint density at radius 3 is 2.58 bits per heavy atom. The van der Waals surface area contributed by atoms with Crippen molar-refractivity contribution in [2.45, 2.75) is 45.6 Å². The highest BCUT2D eigenvalue weighted by molar-refractivity contribution is 5.82.